The standard InChI is InChI=1S/C19H22N4/c1-15-12-20-10-9-18(15)21-19-22(13-16-6-3-2-4-7-16)14-17-8-5-11-23(17)19/h2-4,6-7,9-10,12,17H,5,8,11,13-14H2,1H3/t17-/m0/s1. The second-order valence-electron chi connectivity index (χ2n) is 6.43. The van der Waals surface area contributed by atoms with Gasteiger partial charge in [-0.25, -0.2) is 4.99 Å². The molecule has 2 aliphatic rings. The minimum atomic E-state index is 0.625. The van der Waals surface area contributed by atoms with Gasteiger partial charge in [-0.2, -0.15) is 0 Å². The number of guanidine groups is 1. The van der Waals surface area contributed by atoms with Crippen LogP contribution in [0.25, 0.3) is 0 Å². The number of aliphatic imine (C=N–C) groups is 1. The highest BCUT2D eigenvalue weighted by Crippen LogP contribution is 2.29. The molecule has 0 N–H and O–H groups in total. The van der Waals surface area contributed by atoms with Crippen LogP contribution in [0, 0.1) is 6.92 Å². The van der Waals surface area contributed by atoms with Crippen molar-refractivity contribution in [2.24, 2.45) is 4.99 Å². The van der Waals surface area contributed by atoms with Gasteiger partial charge in [0.2, 0.25) is 5.96 Å². The smallest absolute Gasteiger partial charge is 0.202 e. The van der Waals surface area contributed by atoms with Crippen molar-refractivity contribution < 1.29 is 0 Å². The molecule has 2 fully saturated rings. The number of benzene rings is 1. The van der Waals surface area contributed by atoms with Gasteiger partial charge in [-0.1, -0.05) is 30.3 Å². The average Bonchev–Trinajstić information content (AvgIpc) is 3.13. The lowest BCUT2D eigenvalue weighted by molar-refractivity contribution is 0.405. The molecule has 2 aliphatic heterocycles. The summed E-state index contributed by atoms with van der Waals surface area (Å²) in [6.45, 7) is 5.21. The lowest BCUT2D eigenvalue weighted by atomic mass is 10.2. The molecule has 1 atom stereocenters. The Morgan fingerprint density at radius 1 is 1.22 bits per heavy atom. The van der Waals surface area contributed by atoms with Gasteiger partial charge < -0.3 is 9.80 Å². The van der Waals surface area contributed by atoms with Crippen LogP contribution in [0.4, 0.5) is 5.69 Å². The average molecular weight is 306 g/mol. The first kappa shape index (κ1) is 14.2. The van der Waals surface area contributed by atoms with Crippen molar-refractivity contribution in [3.8, 4) is 0 Å². The van der Waals surface area contributed by atoms with E-state index in [0.29, 0.717) is 6.04 Å². The maximum Gasteiger partial charge on any atom is 0.202 e. The fourth-order valence-corrected chi connectivity index (χ4v) is 3.58. The Bertz CT molecular complexity index is 710. The molecule has 2 aromatic rings. The number of aromatic nitrogens is 1. The first-order chi connectivity index (χ1) is 11.3. The number of pyridine rings is 1. The van der Waals surface area contributed by atoms with E-state index in [2.05, 4.69) is 52.0 Å². The summed E-state index contributed by atoms with van der Waals surface area (Å²) in [6, 6.07) is 13.3. The van der Waals surface area contributed by atoms with Gasteiger partial charge >= 0.3 is 0 Å². The van der Waals surface area contributed by atoms with Crippen molar-refractivity contribution >= 4 is 11.6 Å². The van der Waals surface area contributed by atoms with Crippen molar-refractivity contribution in [3.05, 3.63) is 59.9 Å². The van der Waals surface area contributed by atoms with Crippen LogP contribution in [0.2, 0.25) is 0 Å². The highest BCUT2D eigenvalue weighted by Gasteiger charge is 2.38. The molecular formula is C19H22N4. The number of hydrogen-bond donors (Lipinski definition) is 0. The SMILES string of the molecule is Cc1cnccc1N=C1N(Cc2ccccc2)C[C@@H]2CCCN12. The van der Waals surface area contributed by atoms with Crippen molar-refractivity contribution in [3.63, 3.8) is 0 Å². The van der Waals surface area contributed by atoms with Crippen LogP contribution in [0.5, 0.6) is 0 Å². The van der Waals surface area contributed by atoms with Gasteiger partial charge in [0.1, 0.15) is 0 Å². The number of aryl methyl sites for hydroxylation is 1. The third-order valence-corrected chi connectivity index (χ3v) is 4.78. The molecule has 0 saturated carbocycles. The second-order valence-corrected chi connectivity index (χ2v) is 6.43. The fourth-order valence-electron chi connectivity index (χ4n) is 3.58. The van der Waals surface area contributed by atoms with E-state index in [-0.39, 0.29) is 0 Å². The molecule has 23 heavy (non-hydrogen) atoms. The third kappa shape index (κ3) is 2.81. The zero-order chi connectivity index (χ0) is 15.6. The summed E-state index contributed by atoms with van der Waals surface area (Å²) in [5, 5.41) is 0. The molecule has 0 aliphatic carbocycles. The van der Waals surface area contributed by atoms with E-state index < -0.39 is 0 Å². The van der Waals surface area contributed by atoms with Crippen molar-refractivity contribution in [2.45, 2.75) is 32.4 Å². The summed E-state index contributed by atoms with van der Waals surface area (Å²) in [6.07, 6.45) is 6.26. The van der Waals surface area contributed by atoms with Crippen molar-refractivity contribution in [1.82, 2.24) is 14.8 Å². The highest BCUT2D eigenvalue weighted by atomic mass is 15.5. The van der Waals surface area contributed by atoms with Gasteiger partial charge in [0.15, 0.2) is 0 Å². The van der Waals surface area contributed by atoms with Gasteiger partial charge in [-0.3, -0.25) is 4.98 Å². The zero-order valence-corrected chi connectivity index (χ0v) is 13.5. The molecule has 4 nitrogen and oxygen atoms in total. The first-order valence-corrected chi connectivity index (χ1v) is 8.36. The summed E-state index contributed by atoms with van der Waals surface area (Å²) in [5.74, 6) is 1.13. The van der Waals surface area contributed by atoms with Crippen LogP contribution in [-0.2, 0) is 6.54 Å². The second kappa shape index (κ2) is 6.03. The van der Waals surface area contributed by atoms with E-state index in [9.17, 15) is 0 Å². The lowest BCUT2D eigenvalue weighted by Gasteiger charge is -2.22. The first-order valence-electron chi connectivity index (χ1n) is 8.36. The van der Waals surface area contributed by atoms with Crippen molar-refractivity contribution in [1.29, 1.82) is 0 Å². The summed E-state index contributed by atoms with van der Waals surface area (Å²) in [4.78, 5) is 14.1. The molecule has 1 aromatic carbocycles. The highest BCUT2D eigenvalue weighted by molar-refractivity contribution is 5.85. The minimum absolute atomic E-state index is 0.625. The summed E-state index contributed by atoms with van der Waals surface area (Å²) in [7, 11) is 0. The Morgan fingerprint density at radius 2 is 2.09 bits per heavy atom. The Balaban J connectivity index is 1.66. The molecular weight excluding hydrogens is 284 g/mol. The fraction of sp³-hybridized carbons (Fsp3) is 0.368. The number of nitrogens with zero attached hydrogens (tertiary/aromatic N) is 4. The number of fused-ring (bicyclic) bond motifs is 1. The topological polar surface area (TPSA) is 31.7 Å². The maximum atomic E-state index is 5.01. The van der Waals surface area contributed by atoms with Crippen LogP contribution in [0.1, 0.15) is 24.0 Å². The van der Waals surface area contributed by atoms with Crippen LogP contribution in [0.3, 0.4) is 0 Å². The van der Waals surface area contributed by atoms with Crippen LogP contribution >= 0.6 is 0 Å². The predicted octanol–water partition coefficient (Wildman–Crippen LogP) is 3.36. The predicted molar refractivity (Wildman–Crippen MR) is 92.6 cm³/mol. The Kier molecular flexibility index (Phi) is 3.74. The van der Waals surface area contributed by atoms with Gasteiger partial charge in [0, 0.05) is 38.1 Å². The Morgan fingerprint density at radius 3 is 2.91 bits per heavy atom. The summed E-state index contributed by atoms with van der Waals surface area (Å²) in [5.41, 5.74) is 3.50. The van der Waals surface area contributed by atoms with E-state index >= 15 is 0 Å². The summed E-state index contributed by atoms with van der Waals surface area (Å²) >= 11 is 0. The Labute approximate surface area is 137 Å². The number of hydrogen-bond acceptors (Lipinski definition) is 2. The number of rotatable bonds is 3. The molecule has 0 unspecified atom stereocenters. The van der Waals surface area contributed by atoms with Crippen LogP contribution < -0.4 is 0 Å². The molecule has 4 heteroatoms. The third-order valence-electron chi connectivity index (χ3n) is 4.78. The molecule has 0 radical (unpaired) electrons. The monoisotopic (exact) mass is 306 g/mol. The lowest BCUT2D eigenvalue weighted by Crippen LogP contribution is -2.33. The largest absolute Gasteiger partial charge is 0.338 e. The minimum Gasteiger partial charge on any atom is -0.338 e. The Hall–Kier alpha value is -2.36. The summed E-state index contributed by atoms with van der Waals surface area (Å²) < 4.78 is 0. The molecule has 0 bridgehead atoms. The normalized spacial score (nSPS) is 22.0. The van der Waals surface area contributed by atoms with E-state index in [4.69, 9.17) is 4.99 Å². The zero-order valence-electron chi connectivity index (χ0n) is 13.5. The van der Waals surface area contributed by atoms with Gasteiger partial charge in [0.25, 0.3) is 0 Å². The van der Waals surface area contributed by atoms with Crippen LogP contribution in [-0.4, -0.2) is 39.9 Å². The van der Waals surface area contributed by atoms with E-state index in [1.54, 1.807) is 0 Å². The molecule has 3 heterocycles. The van der Waals surface area contributed by atoms with Gasteiger partial charge in [0.05, 0.1) is 5.69 Å². The molecule has 0 amide bonds. The van der Waals surface area contributed by atoms with Gasteiger partial charge in [-0.05, 0) is 37.0 Å². The quantitative estimate of drug-likeness (QED) is 0.871. The molecule has 118 valence electrons. The molecule has 1 aromatic heterocycles. The van der Waals surface area contributed by atoms with E-state index in [1.165, 1.54) is 18.4 Å². The molecule has 2 saturated heterocycles. The van der Waals surface area contributed by atoms with Crippen LogP contribution in [0.15, 0.2) is 53.8 Å². The van der Waals surface area contributed by atoms with Gasteiger partial charge in [-0.15, -0.1) is 0 Å². The van der Waals surface area contributed by atoms with E-state index in [0.717, 1.165) is 36.8 Å². The molecule has 4 rings (SSSR count). The maximum absolute atomic E-state index is 5.01. The van der Waals surface area contributed by atoms with Crippen molar-refractivity contribution in [2.75, 3.05) is 13.1 Å². The molecule has 0 spiro atoms. The van der Waals surface area contributed by atoms with E-state index in [1.807, 2.05) is 18.5 Å².